The Kier molecular flexibility index (Phi) is 5.42. The quantitative estimate of drug-likeness (QED) is 0.684. The van der Waals surface area contributed by atoms with E-state index in [0.29, 0.717) is 5.92 Å². The number of hydrogen-bond acceptors (Lipinski definition) is 1. The lowest BCUT2D eigenvalue weighted by Crippen LogP contribution is -1.99. The summed E-state index contributed by atoms with van der Waals surface area (Å²) < 4.78 is 0. The summed E-state index contributed by atoms with van der Waals surface area (Å²) in [4.78, 5) is 0. The van der Waals surface area contributed by atoms with E-state index in [0.717, 1.165) is 17.4 Å². The van der Waals surface area contributed by atoms with Crippen LogP contribution in [0.4, 0.5) is 0 Å². The van der Waals surface area contributed by atoms with Gasteiger partial charge in [0.25, 0.3) is 0 Å². The van der Waals surface area contributed by atoms with Gasteiger partial charge in [-0.3, -0.25) is 0 Å². The zero-order chi connectivity index (χ0) is 10.4. The molecule has 0 bridgehead atoms. The Hall–Kier alpha value is -0.140. The molecular weight excluding hydrogens is 212 g/mol. The van der Waals surface area contributed by atoms with Gasteiger partial charge in [0.1, 0.15) is 0 Å². The number of thioether (sulfide) groups is 1. The second kappa shape index (κ2) is 6.36. The Balaban J connectivity index is 2.35. The van der Waals surface area contributed by atoms with Crippen molar-refractivity contribution in [3.05, 3.63) is 35.4 Å². The third-order valence-electron chi connectivity index (χ3n) is 2.18. The number of aryl methyl sites for hydroxylation is 1. The molecule has 1 aromatic carbocycles. The predicted octanol–water partition coefficient (Wildman–Crippen LogP) is 4.10. The maximum Gasteiger partial charge on any atom is 0.0257 e. The molecule has 0 N–H and O–H groups in total. The van der Waals surface area contributed by atoms with Crippen LogP contribution in [0.25, 0.3) is 0 Å². The highest BCUT2D eigenvalue weighted by molar-refractivity contribution is 7.98. The number of hydrogen-bond donors (Lipinski definition) is 0. The van der Waals surface area contributed by atoms with Crippen LogP contribution < -0.4 is 0 Å². The molecular formula is C12H17ClS. The summed E-state index contributed by atoms with van der Waals surface area (Å²) in [5.74, 6) is 3.64. The first-order chi connectivity index (χ1) is 6.74. The van der Waals surface area contributed by atoms with Gasteiger partial charge in [-0.25, -0.2) is 0 Å². The first-order valence-corrected chi connectivity index (χ1v) is 6.61. The highest BCUT2D eigenvalue weighted by atomic mass is 35.5. The third-order valence-corrected chi connectivity index (χ3v) is 4.03. The van der Waals surface area contributed by atoms with Gasteiger partial charge in [-0.05, 0) is 29.7 Å². The highest BCUT2D eigenvalue weighted by Crippen LogP contribution is 2.18. The van der Waals surface area contributed by atoms with Crippen molar-refractivity contribution in [2.45, 2.75) is 19.6 Å². The standard InChI is InChI=1S/C12H17ClS/c1-10(7-13)8-14-9-12-6-4-3-5-11(12)2/h3-6,10H,7-9H2,1-2H3. The van der Waals surface area contributed by atoms with E-state index in [9.17, 15) is 0 Å². The molecule has 0 radical (unpaired) electrons. The molecule has 0 heterocycles. The minimum absolute atomic E-state index is 0.616. The van der Waals surface area contributed by atoms with Crippen molar-refractivity contribution in [2.24, 2.45) is 5.92 Å². The smallest absolute Gasteiger partial charge is 0.0257 e. The van der Waals surface area contributed by atoms with Crippen LogP contribution in [0.15, 0.2) is 24.3 Å². The fourth-order valence-corrected chi connectivity index (χ4v) is 2.61. The lowest BCUT2D eigenvalue weighted by molar-refractivity contribution is 0.759. The van der Waals surface area contributed by atoms with E-state index in [4.69, 9.17) is 11.6 Å². The molecule has 0 aromatic heterocycles. The second-order valence-electron chi connectivity index (χ2n) is 3.70. The van der Waals surface area contributed by atoms with E-state index in [1.54, 1.807) is 0 Å². The number of halogens is 1. The summed E-state index contributed by atoms with van der Waals surface area (Å²) >= 11 is 7.72. The van der Waals surface area contributed by atoms with Crippen LogP contribution >= 0.6 is 23.4 Å². The SMILES string of the molecule is Cc1ccccc1CSCC(C)CCl. The maximum atomic E-state index is 5.75. The summed E-state index contributed by atoms with van der Waals surface area (Å²) in [7, 11) is 0. The molecule has 1 rings (SSSR count). The van der Waals surface area contributed by atoms with E-state index in [-0.39, 0.29) is 0 Å². The van der Waals surface area contributed by atoms with Gasteiger partial charge in [-0.2, -0.15) is 11.8 Å². The van der Waals surface area contributed by atoms with Crippen LogP contribution in [0.5, 0.6) is 0 Å². The summed E-state index contributed by atoms with van der Waals surface area (Å²) in [6, 6.07) is 8.56. The van der Waals surface area contributed by atoms with Crippen molar-refractivity contribution in [3.8, 4) is 0 Å². The molecule has 1 unspecified atom stereocenters. The molecule has 1 aromatic rings. The van der Waals surface area contributed by atoms with Crippen molar-refractivity contribution in [2.75, 3.05) is 11.6 Å². The minimum atomic E-state index is 0.616. The van der Waals surface area contributed by atoms with Gasteiger partial charge in [-0.1, -0.05) is 31.2 Å². The molecule has 0 aliphatic heterocycles. The van der Waals surface area contributed by atoms with Crippen molar-refractivity contribution in [1.82, 2.24) is 0 Å². The van der Waals surface area contributed by atoms with Crippen LogP contribution in [-0.2, 0) is 5.75 Å². The second-order valence-corrected chi connectivity index (χ2v) is 5.04. The molecule has 78 valence electrons. The van der Waals surface area contributed by atoms with Gasteiger partial charge in [0, 0.05) is 11.6 Å². The molecule has 0 aliphatic rings. The Morgan fingerprint density at radius 3 is 2.71 bits per heavy atom. The fourth-order valence-electron chi connectivity index (χ4n) is 1.19. The highest BCUT2D eigenvalue weighted by Gasteiger charge is 2.01. The van der Waals surface area contributed by atoms with Gasteiger partial charge in [0.2, 0.25) is 0 Å². The first-order valence-electron chi connectivity index (χ1n) is 4.92. The Bertz CT molecular complexity index is 273. The topological polar surface area (TPSA) is 0 Å². The number of rotatable bonds is 5. The van der Waals surface area contributed by atoms with Crippen molar-refractivity contribution in [3.63, 3.8) is 0 Å². The first kappa shape index (κ1) is 11.9. The van der Waals surface area contributed by atoms with Gasteiger partial charge in [-0.15, -0.1) is 11.6 Å². The lowest BCUT2D eigenvalue weighted by atomic mass is 10.1. The van der Waals surface area contributed by atoms with E-state index in [2.05, 4.69) is 38.1 Å². The summed E-state index contributed by atoms with van der Waals surface area (Å²) in [6.07, 6.45) is 0. The van der Waals surface area contributed by atoms with Crippen LogP contribution in [-0.4, -0.2) is 11.6 Å². The Morgan fingerprint density at radius 2 is 2.07 bits per heavy atom. The van der Waals surface area contributed by atoms with Crippen LogP contribution in [0.1, 0.15) is 18.1 Å². The van der Waals surface area contributed by atoms with Gasteiger partial charge >= 0.3 is 0 Å². The van der Waals surface area contributed by atoms with E-state index in [1.165, 1.54) is 11.1 Å². The molecule has 0 saturated heterocycles. The molecule has 0 amide bonds. The zero-order valence-corrected chi connectivity index (χ0v) is 10.4. The summed E-state index contributed by atoms with van der Waals surface area (Å²) in [5, 5.41) is 0. The van der Waals surface area contributed by atoms with Crippen molar-refractivity contribution in [1.29, 1.82) is 0 Å². The van der Waals surface area contributed by atoms with E-state index >= 15 is 0 Å². The Labute approximate surface area is 96.0 Å². The summed E-state index contributed by atoms with van der Waals surface area (Å²) in [5.41, 5.74) is 2.83. The predicted molar refractivity (Wildman–Crippen MR) is 67.2 cm³/mol. The van der Waals surface area contributed by atoms with Gasteiger partial charge in [0.15, 0.2) is 0 Å². The number of alkyl halides is 1. The van der Waals surface area contributed by atoms with Crippen molar-refractivity contribution >= 4 is 23.4 Å². The van der Waals surface area contributed by atoms with Crippen molar-refractivity contribution < 1.29 is 0 Å². The average Bonchev–Trinajstić information content (AvgIpc) is 2.20. The van der Waals surface area contributed by atoms with E-state index < -0.39 is 0 Å². The molecule has 0 aliphatic carbocycles. The molecule has 14 heavy (non-hydrogen) atoms. The molecule has 0 saturated carbocycles. The Morgan fingerprint density at radius 1 is 1.36 bits per heavy atom. The van der Waals surface area contributed by atoms with Gasteiger partial charge < -0.3 is 0 Å². The molecule has 0 fully saturated rings. The largest absolute Gasteiger partial charge is 0.157 e. The van der Waals surface area contributed by atoms with Crippen LogP contribution in [0.3, 0.4) is 0 Å². The third kappa shape index (κ3) is 3.93. The number of benzene rings is 1. The van der Waals surface area contributed by atoms with E-state index in [1.807, 2.05) is 11.8 Å². The zero-order valence-electron chi connectivity index (χ0n) is 8.79. The fraction of sp³-hybridized carbons (Fsp3) is 0.500. The van der Waals surface area contributed by atoms with Crippen LogP contribution in [0, 0.1) is 12.8 Å². The summed E-state index contributed by atoms with van der Waals surface area (Å²) in [6.45, 7) is 4.36. The molecule has 2 heteroatoms. The molecule has 1 atom stereocenters. The van der Waals surface area contributed by atoms with Crippen LogP contribution in [0.2, 0.25) is 0 Å². The van der Waals surface area contributed by atoms with Gasteiger partial charge in [0.05, 0.1) is 0 Å². The monoisotopic (exact) mass is 228 g/mol. The maximum absolute atomic E-state index is 5.75. The molecule has 0 spiro atoms. The molecule has 0 nitrogen and oxygen atoms in total. The normalized spacial score (nSPS) is 12.8. The minimum Gasteiger partial charge on any atom is -0.157 e. The average molecular weight is 229 g/mol. The lowest BCUT2D eigenvalue weighted by Gasteiger charge is -2.08.